The zero-order valence-electron chi connectivity index (χ0n) is 7.14. The smallest absolute Gasteiger partial charge is 0.267 e. The summed E-state index contributed by atoms with van der Waals surface area (Å²) >= 11 is 11.2. The van der Waals surface area contributed by atoms with Crippen LogP contribution in [0.25, 0.3) is 0 Å². The van der Waals surface area contributed by atoms with Crippen LogP contribution in [0.2, 0.25) is 10.2 Å². The van der Waals surface area contributed by atoms with Crippen LogP contribution in [0.3, 0.4) is 0 Å². The Labute approximate surface area is 90.6 Å². The van der Waals surface area contributed by atoms with Gasteiger partial charge in [0.2, 0.25) is 0 Å². The summed E-state index contributed by atoms with van der Waals surface area (Å²) in [6.45, 7) is 0.302. The molecule has 1 aromatic heterocycles. The second-order valence-electron chi connectivity index (χ2n) is 2.56. The molecule has 2 N–H and O–H groups in total. The lowest BCUT2D eigenvalue weighted by molar-refractivity contribution is -0.107. The summed E-state index contributed by atoms with van der Waals surface area (Å²) in [6, 6.07) is 1.43. The number of aromatic nitrogens is 1. The Hall–Kier alpha value is -1.000. The summed E-state index contributed by atoms with van der Waals surface area (Å²) in [6.07, 6.45) is 1.02. The van der Waals surface area contributed by atoms with E-state index < -0.39 is 0 Å². The lowest BCUT2D eigenvalue weighted by Crippen LogP contribution is -2.24. The third-order valence-electron chi connectivity index (χ3n) is 1.52. The summed E-state index contributed by atoms with van der Waals surface area (Å²) in [5.41, 5.74) is 0.283. The molecule has 0 atom stereocenters. The standard InChI is InChI=1S/C8H8Cl2N2O2/c9-5-4-6(12-7(5)10)8(14)11-2-1-3-13/h3-4,12H,1-2H2,(H,11,14). The number of aromatic amines is 1. The number of aldehydes is 1. The molecule has 0 spiro atoms. The highest BCUT2D eigenvalue weighted by atomic mass is 35.5. The number of hydrogen-bond acceptors (Lipinski definition) is 2. The van der Waals surface area contributed by atoms with Crippen LogP contribution in [0.15, 0.2) is 6.07 Å². The van der Waals surface area contributed by atoms with Crippen LogP contribution in [-0.2, 0) is 4.79 Å². The first kappa shape index (κ1) is 11.1. The van der Waals surface area contributed by atoms with Crippen molar-refractivity contribution < 1.29 is 9.59 Å². The predicted octanol–water partition coefficient (Wildman–Crippen LogP) is 1.64. The molecular formula is C8H8Cl2N2O2. The van der Waals surface area contributed by atoms with Crippen molar-refractivity contribution in [1.29, 1.82) is 0 Å². The Morgan fingerprint density at radius 1 is 1.57 bits per heavy atom. The third-order valence-corrected chi connectivity index (χ3v) is 2.21. The van der Waals surface area contributed by atoms with Crippen molar-refractivity contribution in [2.45, 2.75) is 6.42 Å². The maximum atomic E-state index is 11.3. The van der Waals surface area contributed by atoms with Gasteiger partial charge in [-0.25, -0.2) is 0 Å². The minimum atomic E-state index is -0.333. The molecule has 4 nitrogen and oxygen atoms in total. The van der Waals surface area contributed by atoms with Crippen molar-refractivity contribution in [2.24, 2.45) is 0 Å². The Morgan fingerprint density at radius 2 is 2.29 bits per heavy atom. The van der Waals surface area contributed by atoms with Crippen molar-refractivity contribution in [3.63, 3.8) is 0 Å². The van der Waals surface area contributed by atoms with Gasteiger partial charge >= 0.3 is 0 Å². The molecule has 1 aromatic rings. The number of nitrogens with one attached hydrogen (secondary N) is 2. The summed E-state index contributed by atoms with van der Waals surface area (Å²) in [7, 11) is 0. The Balaban J connectivity index is 2.56. The maximum absolute atomic E-state index is 11.3. The fourth-order valence-corrected chi connectivity index (χ4v) is 1.18. The van der Waals surface area contributed by atoms with Gasteiger partial charge in [-0.2, -0.15) is 0 Å². The Morgan fingerprint density at radius 3 is 2.79 bits per heavy atom. The average Bonchev–Trinajstić information content (AvgIpc) is 2.47. The van der Waals surface area contributed by atoms with E-state index in [1.807, 2.05) is 0 Å². The van der Waals surface area contributed by atoms with Gasteiger partial charge in [-0.1, -0.05) is 23.2 Å². The molecular weight excluding hydrogens is 227 g/mol. The van der Waals surface area contributed by atoms with Crippen molar-refractivity contribution >= 4 is 35.4 Å². The van der Waals surface area contributed by atoms with Gasteiger partial charge in [0.25, 0.3) is 5.91 Å². The molecule has 76 valence electrons. The van der Waals surface area contributed by atoms with Crippen LogP contribution in [0.1, 0.15) is 16.9 Å². The maximum Gasteiger partial charge on any atom is 0.267 e. The molecule has 14 heavy (non-hydrogen) atoms. The van der Waals surface area contributed by atoms with Crippen LogP contribution in [0.5, 0.6) is 0 Å². The van der Waals surface area contributed by atoms with E-state index in [0.717, 1.165) is 6.29 Å². The lowest BCUT2D eigenvalue weighted by atomic mass is 10.4. The summed E-state index contributed by atoms with van der Waals surface area (Å²) < 4.78 is 0. The van der Waals surface area contributed by atoms with Crippen LogP contribution in [0.4, 0.5) is 0 Å². The highest BCUT2D eigenvalue weighted by molar-refractivity contribution is 6.41. The fraction of sp³-hybridized carbons (Fsp3) is 0.250. The molecule has 0 fully saturated rings. The molecule has 0 aromatic carbocycles. The van der Waals surface area contributed by atoms with Gasteiger partial charge in [-0.05, 0) is 6.07 Å². The Kier molecular flexibility index (Phi) is 3.98. The highest BCUT2D eigenvalue weighted by Gasteiger charge is 2.10. The Bertz CT molecular complexity index is 330. The van der Waals surface area contributed by atoms with Crippen LogP contribution in [-0.4, -0.2) is 23.7 Å². The third kappa shape index (κ3) is 2.75. The molecule has 0 aliphatic carbocycles. The van der Waals surface area contributed by atoms with Crippen molar-refractivity contribution in [3.05, 3.63) is 21.9 Å². The number of halogens is 2. The van der Waals surface area contributed by atoms with Gasteiger partial charge < -0.3 is 15.1 Å². The second-order valence-corrected chi connectivity index (χ2v) is 3.34. The SMILES string of the molecule is O=CCCNC(=O)c1cc(Cl)c(Cl)[nH]1. The lowest BCUT2D eigenvalue weighted by Gasteiger charge is -1.99. The first-order valence-corrected chi connectivity index (χ1v) is 4.66. The second kappa shape index (κ2) is 5.02. The minimum absolute atomic E-state index is 0.229. The molecule has 1 heterocycles. The van der Waals surface area contributed by atoms with E-state index in [4.69, 9.17) is 23.2 Å². The number of hydrogen-bond donors (Lipinski definition) is 2. The van der Waals surface area contributed by atoms with E-state index in [1.165, 1.54) is 6.07 Å². The van der Waals surface area contributed by atoms with Gasteiger partial charge in [0.1, 0.15) is 17.1 Å². The van der Waals surface area contributed by atoms with E-state index in [2.05, 4.69) is 10.3 Å². The van der Waals surface area contributed by atoms with Crippen molar-refractivity contribution in [2.75, 3.05) is 6.54 Å². The van der Waals surface area contributed by atoms with E-state index in [-0.39, 0.29) is 23.2 Å². The largest absolute Gasteiger partial charge is 0.350 e. The van der Waals surface area contributed by atoms with E-state index in [1.54, 1.807) is 0 Å². The molecule has 6 heteroatoms. The zero-order chi connectivity index (χ0) is 10.6. The van der Waals surface area contributed by atoms with E-state index in [9.17, 15) is 9.59 Å². The molecule has 0 aliphatic rings. The molecule has 0 bridgehead atoms. The predicted molar refractivity (Wildman–Crippen MR) is 53.8 cm³/mol. The summed E-state index contributed by atoms with van der Waals surface area (Å²) in [5.74, 6) is -0.333. The zero-order valence-corrected chi connectivity index (χ0v) is 8.65. The van der Waals surface area contributed by atoms with Crippen LogP contribution in [0, 0.1) is 0 Å². The fourth-order valence-electron chi connectivity index (χ4n) is 0.866. The molecule has 0 saturated heterocycles. The number of H-pyrrole nitrogens is 1. The van der Waals surface area contributed by atoms with Crippen molar-refractivity contribution in [1.82, 2.24) is 10.3 Å². The number of amides is 1. The van der Waals surface area contributed by atoms with Gasteiger partial charge in [-0.3, -0.25) is 4.79 Å². The molecule has 1 rings (SSSR count). The van der Waals surface area contributed by atoms with E-state index in [0.29, 0.717) is 11.6 Å². The molecule has 0 saturated carbocycles. The normalized spacial score (nSPS) is 9.86. The number of carbonyl (C=O) groups excluding carboxylic acids is 2. The molecule has 1 amide bonds. The highest BCUT2D eigenvalue weighted by Crippen LogP contribution is 2.21. The summed E-state index contributed by atoms with van der Waals surface area (Å²) in [5, 5.41) is 3.05. The average molecular weight is 235 g/mol. The number of carbonyl (C=O) groups is 2. The molecule has 0 unspecified atom stereocenters. The summed E-state index contributed by atoms with van der Waals surface area (Å²) in [4.78, 5) is 23.9. The monoisotopic (exact) mass is 234 g/mol. The number of rotatable bonds is 4. The van der Waals surface area contributed by atoms with E-state index >= 15 is 0 Å². The van der Waals surface area contributed by atoms with Crippen LogP contribution < -0.4 is 5.32 Å². The van der Waals surface area contributed by atoms with Gasteiger partial charge in [0.05, 0.1) is 5.02 Å². The molecule has 0 aliphatic heterocycles. The van der Waals surface area contributed by atoms with Crippen LogP contribution >= 0.6 is 23.2 Å². The molecule has 0 radical (unpaired) electrons. The minimum Gasteiger partial charge on any atom is -0.350 e. The van der Waals surface area contributed by atoms with Gasteiger partial charge in [0.15, 0.2) is 0 Å². The topological polar surface area (TPSA) is 62.0 Å². The quantitative estimate of drug-likeness (QED) is 0.615. The van der Waals surface area contributed by atoms with Gasteiger partial charge in [0, 0.05) is 13.0 Å². The first-order chi connectivity index (χ1) is 6.65. The van der Waals surface area contributed by atoms with Gasteiger partial charge in [-0.15, -0.1) is 0 Å². The first-order valence-electron chi connectivity index (χ1n) is 3.91. The van der Waals surface area contributed by atoms with Crippen molar-refractivity contribution in [3.8, 4) is 0 Å².